The van der Waals surface area contributed by atoms with Crippen LogP contribution in [0.4, 0.5) is 0 Å². The van der Waals surface area contributed by atoms with Gasteiger partial charge in [-0.15, -0.1) is 0 Å². The normalized spacial score (nSPS) is 25.9. The number of hydrogen-bond acceptors (Lipinski definition) is 3. The van der Waals surface area contributed by atoms with Crippen molar-refractivity contribution in [1.82, 2.24) is 4.90 Å². The molecule has 2 aliphatic rings. The van der Waals surface area contributed by atoms with Gasteiger partial charge in [0.15, 0.2) is 6.29 Å². The molecule has 3 heteroatoms. The molecule has 1 atom stereocenters. The molecule has 0 spiro atoms. The minimum absolute atomic E-state index is 0.0445. The summed E-state index contributed by atoms with van der Waals surface area (Å²) >= 11 is 0. The van der Waals surface area contributed by atoms with Gasteiger partial charge in [0.25, 0.3) is 0 Å². The molecule has 1 unspecified atom stereocenters. The fraction of sp³-hybridized carbons (Fsp3) is 0.667. The second-order valence-electron chi connectivity index (χ2n) is 3.93. The van der Waals surface area contributed by atoms with Crippen LogP contribution in [0.2, 0.25) is 0 Å². The monoisotopic (exact) mass is 209 g/mol. The standard InChI is InChI=1S/C12H19NO2/c1-3-7-13(8-4-1)9-11-15-12-6-2-5-10-14-12/h1,3-4,7,12H,2,5-6,8-11H2. The summed E-state index contributed by atoms with van der Waals surface area (Å²) in [5.41, 5.74) is 0. The van der Waals surface area contributed by atoms with Crippen molar-refractivity contribution < 1.29 is 9.47 Å². The van der Waals surface area contributed by atoms with E-state index < -0.39 is 0 Å². The van der Waals surface area contributed by atoms with Gasteiger partial charge in [-0.2, -0.15) is 0 Å². The summed E-state index contributed by atoms with van der Waals surface area (Å²) < 4.78 is 11.2. The maximum atomic E-state index is 5.66. The van der Waals surface area contributed by atoms with E-state index in [1.54, 1.807) is 0 Å². The van der Waals surface area contributed by atoms with E-state index in [0.717, 1.165) is 32.7 Å². The second-order valence-corrected chi connectivity index (χ2v) is 3.93. The smallest absolute Gasteiger partial charge is 0.157 e. The molecule has 0 bridgehead atoms. The van der Waals surface area contributed by atoms with Crippen LogP contribution in [0, 0.1) is 0 Å². The average molecular weight is 209 g/mol. The third kappa shape index (κ3) is 3.68. The van der Waals surface area contributed by atoms with Crippen molar-refractivity contribution >= 4 is 0 Å². The van der Waals surface area contributed by atoms with Gasteiger partial charge >= 0.3 is 0 Å². The van der Waals surface area contributed by atoms with Gasteiger partial charge in [-0.3, -0.25) is 0 Å². The Morgan fingerprint density at radius 1 is 1.33 bits per heavy atom. The van der Waals surface area contributed by atoms with Crippen molar-refractivity contribution in [1.29, 1.82) is 0 Å². The van der Waals surface area contributed by atoms with Crippen molar-refractivity contribution in [2.24, 2.45) is 0 Å². The molecule has 2 rings (SSSR count). The Balaban J connectivity index is 1.57. The van der Waals surface area contributed by atoms with Gasteiger partial charge < -0.3 is 14.4 Å². The summed E-state index contributed by atoms with van der Waals surface area (Å²) in [5.74, 6) is 0. The fourth-order valence-electron chi connectivity index (χ4n) is 1.82. The van der Waals surface area contributed by atoms with Gasteiger partial charge in [-0.1, -0.05) is 12.2 Å². The number of ether oxygens (including phenoxy) is 2. The molecule has 3 nitrogen and oxygen atoms in total. The lowest BCUT2D eigenvalue weighted by Gasteiger charge is -2.25. The number of nitrogens with zero attached hydrogens (tertiary/aromatic N) is 1. The largest absolute Gasteiger partial charge is 0.371 e. The van der Waals surface area contributed by atoms with Crippen molar-refractivity contribution in [3.63, 3.8) is 0 Å². The lowest BCUT2D eigenvalue weighted by atomic mass is 10.2. The zero-order valence-electron chi connectivity index (χ0n) is 9.10. The van der Waals surface area contributed by atoms with Crippen LogP contribution in [0.15, 0.2) is 24.4 Å². The van der Waals surface area contributed by atoms with E-state index in [9.17, 15) is 0 Å². The van der Waals surface area contributed by atoms with E-state index in [-0.39, 0.29) is 6.29 Å². The Morgan fingerprint density at radius 2 is 2.33 bits per heavy atom. The molecule has 1 saturated heterocycles. The molecule has 0 N–H and O–H groups in total. The molecule has 0 radical (unpaired) electrons. The highest BCUT2D eigenvalue weighted by molar-refractivity contribution is 5.08. The number of allylic oxidation sites excluding steroid dienone is 2. The van der Waals surface area contributed by atoms with E-state index in [4.69, 9.17) is 9.47 Å². The minimum atomic E-state index is 0.0445. The van der Waals surface area contributed by atoms with Crippen LogP contribution in [0.3, 0.4) is 0 Å². The summed E-state index contributed by atoms with van der Waals surface area (Å²) in [7, 11) is 0. The topological polar surface area (TPSA) is 21.7 Å². The first kappa shape index (κ1) is 10.7. The Kier molecular flexibility index (Phi) is 4.23. The first-order chi connectivity index (χ1) is 7.45. The van der Waals surface area contributed by atoms with E-state index in [2.05, 4.69) is 29.3 Å². The van der Waals surface area contributed by atoms with Gasteiger partial charge in [-0.25, -0.2) is 0 Å². The lowest BCUT2D eigenvalue weighted by Crippen LogP contribution is -2.28. The van der Waals surface area contributed by atoms with Gasteiger partial charge in [0, 0.05) is 19.7 Å². The molecular weight excluding hydrogens is 190 g/mol. The maximum absolute atomic E-state index is 5.66. The molecule has 2 aliphatic heterocycles. The highest BCUT2D eigenvalue weighted by Gasteiger charge is 2.13. The van der Waals surface area contributed by atoms with Crippen LogP contribution in [-0.4, -0.2) is 37.5 Å². The Labute approximate surface area is 91.3 Å². The Hall–Kier alpha value is -0.800. The SMILES string of the molecule is C1=CCN(CCOC2CCCCO2)C=C1. The van der Waals surface area contributed by atoms with Crippen LogP contribution in [0.5, 0.6) is 0 Å². The van der Waals surface area contributed by atoms with E-state index in [1.165, 1.54) is 12.8 Å². The lowest BCUT2D eigenvalue weighted by molar-refractivity contribution is -0.163. The van der Waals surface area contributed by atoms with E-state index in [0.29, 0.717) is 0 Å². The van der Waals surface area contributed by atoms with Crippen LogP contribution in [-0.2, 0) is 9.47 Å². The first-order valence-corrected chi connectivity index (χ1v) is 5.76. The van der Waals surface area contributed by atoms with Gasteiger partial charge in [0.1, 0.15) is 0 Å². The third-order valence-corrected chi connectivity index (χ3v) is 2.70. The van der Waals surface area contributed by atoms with Crippen molar-refractivity contribution in [3.05, 3.63) is 24.4 Å². The van der Waals surface area contributed by atoms with Gasteiger partial charge in [0.05, 0.1) is 6.61 Å². The fourth-order valence-corrected chi connectivity index (χ4v) is 1.82. The van der Waals surface area contributed by atoms with Gasteiger partial charge in [-0.05, 0) is 31.5 Å². The zero-order chi connectivity index (χ0) is 10.3. The summed E-state index contributed by atoms with van der Waals surface area (Å²) in [6.45, 7) is 3.55. The molecule has 0 saturated carbocycles. The van der Waals surface area contributed by atoms with Crippen molar-refractivity contribution in [2.75, 3.05) is 26.3 Å². The molecule has 0 aromatic rings. The molecule has 2 heterocycles. The quantitative estimate of drug-likeness (QED) is 0.706. The highest BCUT2D eigenvalue weighted by Crippen LogP contribution is 2.13. The van der Waals surface area contributed by atoms with Crippen molar-refractivity contribution in [3.8, 4) is 0 Å². The summed E-state index contributed by atoms with van der Waals surface area (Å²) in [6.07, 6.45) is 11.9. The molecule has 0 amide bonds. The number of hydrogen-bond donors (Lipinski definition) is 0. The van der Waals surface area contributed by atoms with Crippen molar-refractivity contribution in [2.45, 2.75) is 25.6 Å². The third-order valence-electron chi connectivity index (χ3n) is 2.70. The average Bonchev–Trinajstić information content (AvgIpc) is 2.32. The minimum Gasteiger partial charge on any atom is -0.371 e. The van der Waals surface area contributed by atoms with Crippen LogP contribution in [0.1, 0.15) is 19.3 Å². The Bertz CT molecular complexity index is 232. The zero-order valence-corrected chi connectivity index (χ0v) is 9.10. The van der Waals surface area contributed by atoms with Crippen LogP contribution in [0.25, 0.3) is 0 Å². The Morgan fingerprint density at radius 3 is 3.07 bits per heavy atom. The molecule has 0 aliphatic carbocycles. The van der Waals surface area contributed by atoms with Crippen LogP contribution >= 0.6 is 0 Å². The van der Waals surface area contributed by atoms with E-state index in [1.807, 2.05) is 0 Å². The summed E-state index contributed by atoms with van der Waals surface area (Å²) in [5, 5.41) is 0. The maximum Gasteiger partial charge on any atom is 0.157 e. The molecule has 0 aromatic heterocycles. The van der Waals surface area contributed by atoms with Gasteiger partial charge in [0.2, 0.25) is 0 Å². The molecule has 0 aromatic carbocycles. The highest BCUT2D eigenvalue weighted by atomic mass is 16.7. The molecule has 15 heavy (non-hydrogen) atoms. The summed E-state index contributed by atoms with van der Waals surface area (Å²) in [6, 6.07) is 0. The van der Waals surface area contributed by atoms with Crippen LogP contribution < -0.4 is 0 Å². The summed E-state index contributed by atoms with van der Waals surface area (Å²) in [4.78, 5) is 2.24. The van der Waals surface area contributed by atoms with E-state index >= 15 is 0 Å². The predicted molar refractivity (Wildman–Crippen MR) is 59.4 cm³/mol. The predicted octanol–water partition coefficient (Wildman–Crippen LogP) is 1.92. The second kappa shape index (κ2) is 5.93. The molecule has 84 valence electrons. The number of rotatable bonds is 4. The molecular formula is C12H19NO2. The molecule has 1 fully saturated rings. The first-order valence-electron chi connectivity index (χ1n) is 5.76.